The van der Waals surface area contributed by atoms with E-state index in [0.29, 0.717) is 10.9 Å². The summed E-state index contributed by atoms with van der Waals surface area (Å²) in [5, 5.41) is -0.304. The lowest BCUT2D eigenvalue weighted by Gasteiger charge is -1.96. The van der Waals surface area contributed by atoms with Crippen molar-refractivity contribution in [3.05, 3.63) is 27.2 Å². The van der Waals surface area contributed by atoms with Crippen LogP contribution in [-0.4, -0.2) is 11.3 Å². The van der Waals surface area contributed by atoms with Gasteiger partial charge in [0, 0.05) is 0 Å². The summed E-state index contributed by atoms with van der Waals surface area (Å²) in [4.78, 5) is 13.7. The molecule has 5 heteroatoms. The number of halogens is 3. The van der Waals surface area contributed by atoms with Crippen molar-refractivity contribution < 1.29 is 9.18 Å². The largest absolute Gasteiger partial charge is 0.298 e. The minimum absolute atomic E-state index is 0.100. The fourth-order valence-corrected chi connectivity index (χ4v) is 1.30. The predicted octanol–water partition coefficient (Wildman–Crippen LogP) is 2.45. The summed E-state index contributed by atoms with van der Waals surface area (Å²) < 4.78 is 13.1. The third-order valence-electron chi connectivity index (χ3n) is 1.04. The molecule has 0 radical (unpaired) electrons. The maximum atomic E-state index is 12.7. The number of aromatic nitrogens is 1. The Morgan fingerprint density at radius 3 is 2.91 bits per heavy atom. The van der Waals surface area contributed by atoms with Crippen molar-refractivity contribution in [1.82, 2.24) is 4.98 Å². The molecule has 2 nitrogen and oxygen atoms in total. The lowest BCUT2D eigenvalue weighted by molar-refractivity contribution is 0.111. The van der Waals surface area contributed by atoms with Gasteiger partial charge in [-0.15, -0.1) is 0 Å². The normalized spacial score (nSPS) is 9.73. The van der Waals surface area contributed by atoms with Crippen molar-refractivity contribution in [2.75, 3.05) is 0 Å². The fraction of sp³-hybridized carbons (Fsp3) is 0. The fourth-order valence-electron chi connectivity index (χ4n) is 0.572. The molecule has 0 unspecified atom stereocenters. The van der Waals surface area contributed by atoms with Crippen molar-refractivity contribution >= 4 is 33.8 Å². The van der Waals surface area contributed by atoms with Crippen LogP contribution in [0.2, 0.25) is 5.15 Å². The second kappa shape index (κ2) is 3.28. The second-order valence-corrected chi connectivity index (χ2v) is 2.93. The number of carbonyl (C=O) groups is 1. The molecule has 0 spiro atoms. The van der Waals surface area contributed by atoms with Gasteiger partial charge in [0.1, 0.15) is 4.60 Å². The average Bonchev–Trinajstić information content (AvgIpc) is 1.96. The van der Waals surface area contributed by atoms with Gasteiger partial charge in [0.15, 0.2) is 17.3 Å². The summed E-state index contributed by atoms with van der Waals surface area (Å²) >= 11 is 8.29. The van der Waals surface area contributed by atoms with Crippen LogP contribution in [0.5, 0.6) is 0 Å². The molecule has 1 heterocycles. The van der Waals surface area contributed by atoms with E-state index in [1.54, 1.807) is 0 Å². The van der Waals surface area contributed by atoms with Gasteiger partial charge in [-0.3, -0.25) is 4.79 Å². The van der Waals surface area contributed by atoms with Crippen LogP contribution in [0.1, 0.15) is 10.4 Å². The molecular formula is C6H2BrClFNO. The van der Waals surface area contributed by atoms with Gasteiger partial charge in [0.25, 0.3) is 0 Å². The topological polar surface area (TPSA) is 30.0 Å². The average molecular weight is 238 g/mol. The molecule has 0 bridgehead atoms. The van der Waals surface area contributed by atoms with E-state index in [9.17, 15) is 9.18 Å². The third kappa shape index (κ3) is 1.75. The highest BCUT2D eigenvalue weighted by molar-refractivity contribution is 9.10. The van der Waals surface area contributed by atoms with Crippen LogP contribution < -0.4 is 0 Å². The SMILES string of the molecule is O=Cc1cc(Br)nc(Cl)c1F. The Hall–Kier alpha value is -0.480. The van der Waals surface area contributed by atoms with Crippen molar-refractivity contribution in [2.45, 2.75) is 0 Å². The molecule has 0 aliphatic carbocycles. The van der Waals surface area contributed by atoms with Crippen LogP contribution in [0.25, 0.3) is 0 Å². The van der Waals surface area contributed by atoms with E-state index in [4.69, 9.17) is 11.6 Å². The maximum absolute atomic E-state index is 12.7. The van der Waals surface area contributed by atoms with E-state index in [0.717, 1.165) is 0 Å². The van der Waals surface area contributed by atoms with Crippen LogP contribution in [-0.2, 0) is 0 Å². The number of rotatable bonds is 1. The minimum Gasteiger partial charge on any atom is -0.298 e. The lowest BCUT2D eigenvalue weighted by atomic mass is 10.3. The van der Waals surface area contributed by atoms with Crippen molar-refractivity contribution in [1.29, 1.82) is 0 Å². The van der Waals surface area contributed by atoms with Crippen LogP contribution in [0, 0.1) is 5.82 Å². The highest BCUT2D eigenvalue weighted by atomic mass is 79.9. The molecule has 58 valence electrons. The molecule has 0 saturated carbocycles. The van der Waals surface area contributed by atoms with E-state index in [-0.39, 0.29) is 10.7 Å². The summed E-state index contributed by atoms with van der Waals surface area (Å²) in [6.07, 6.45) is 0.383. The first-order valence-corrected chi connectivity index (χ1v) is 3.79. The summed E-state index contributed by atoms with van der Waals surface area (Å²) in [6.45, 7) is 0. The van der Waals surface area contributed by atoms with Crippen molar-refractivity contribution in [3.8, 4) is 0 Å². The summed E-state index contributed by atoms with van der Waals surface area (Å²) in [5.41, 5.74) is -0.100. The first kappa shape index (κ1) is 8.62. The summed E-state index contributed by atoms with van der Waals surface area (Å²) in [6, 6.07) is 1.26. The Morgan fingerprint density at radius 1 is 1.73 bits per heavy atom. The monoisotopic (exact) mass is 237 g/mol. The zero-order chi connectivity index (χ0) is 8.43. The molecule has 1 aromatic rings. The van der Waals surface area contributed by atoms with Crippen LogP contribution >= 0.6 is 27.5 Å². The molecule has 1 aromatic heterocycles. The third-order valence-corrected chi connectivity index (χ3v) is 1.70. The molecule has 0 aliphatic rings. The molecule has 0 N–H and O–H groups in total. The number of hydrogen-bond donors (Lipinski definition) is 0. The first-order valence-electron chi connectivity index (χ1n) is 2.62. The number of hydrogen-bond acceptors (Lipinski definition) is 2. The van der Waals surface area contributed by atoms with E-state index in [1.165, 1.54) is 6.07 Å². The molecule has 0 atom stereocenters. The molecule has 11 heavy (non-hydrogen) atoms. The number of aldehydes is 1. The van der Waals surface area contributed by atoms with E-state index in [2.05, 4.69) is 20.9 Å². The van der Waals surface area contributed by atoms with Gasteiger partial charge in [0.2, 0.25) is 0 Å². The quantitative estimate of drug-likeness (QED) is 0.556. The highest BCUT2D eigenvalue weighted by Crippen LogP contribution is 2.18. The van der Waals surface area contributed by atoms with E-state index in [1.807, 2.05) is 0 Å². The Bertz CT molecular complexity index is 305. The highest BCUT2D eigenvalue weighted by Gasteiger charge is 2.08. The lowest BCUT2D eigenvalue weighted by Crippen LogP contribution is -1.91. The molecular weight excluding hydrogens is 236 g/mol. The van der Waals surface area contributed by atoms with Gasteiger partial charge in [-0.05, 0) is 22.0 Å². The summed E-state index contributed by atoms with van der Waals surface area (Å²) in [5.74, 6) is -0.787. The molecule has 1 rings (SSSR count). The Labute approximate surface area is 75.5 Å². The van der Waals surface area contributed by atoms with Crippen molar-refractivity contribution in [3.63, 3.8) is 0 Å². The Kier molecular flexibility index (Phi) is 2.57. The molecule has 0 amide bonds. The Balaban J connectivity index is 3.35. The zero-order valence-corrected chi connectivity index (χ0v) is 7.49. The van der Waals surface area contributed by atoms with Gasteiger partial charge in [0.05, 0.1) is 5.56 Å². The van der Waals surface area contributed by atoms with Gasteiger partial charge >= 0.3 is 0 Å². The Morgan fingerprint density at radius 2 is 2.36 bits per heavy atom. The molecule has 0 aromatic carbocycles. The molecule has 0 saturated heterocycles. The molecule has 0 fully saturated rings. The smallest absolute Gasteiger partial charge is 0.171 e. The predicted molar refractivity (Wildman–Crippen MR) is 42.3 cm³/mol. The minimum atomic E-state index is -0.787. The van der Waals surface area contributed by atoms with E-state index < -0.39 is 5.82 Å². The first-order chi connectivity index (χ1) is 5.15. The zero-order valence-electron chi connectivity index (χ0n) is 5.14. The number of carbonyl (C=O) groups excluding carboxylic acids is 1. The van der Waals surface area contributed by atoms with Crippen molar-refractivity contribution in [2.24, 2.45) is 0 Å². The maximum Gasteiger partial charge on any atom is 0.171 e. The van der Waals surface area contributed by atoms with Gasteiger partial charge in [-0.1, -0.05) is 11.6 Å². The van der Waals surface area contributed by atoms with Crippen LogP contribution in [0.3, 0.4) is 0 Å². The van der Waals surface area contributed by atoms with Crippen LogP contribution in [0.4, 0.5) is 4.39 Å². The second-order valence-electron chi connectivity index (χ2n) is 1.76. The van der Waals surface area contributed by atoms with Crippen LogP contribution in [0.15, 0.2) is 10.7 Å². The van der Waals surface area contributed by atoms with Gasteiger partial charge in [-0.25, -0.2) is 9.37 Å². The number of nitrogens with zero attached hydrogens (tertiary/aromatic N) is 1. The van der Waals surface area contributed by atoms with Gasteiger partial charge < -0.3 is 0 Å². The standard InChI is InChI=1S/C6H2BrClFNO/c7-4-1-3(2-11)5(9)6(8)10-4/h1-2H. The van der Waals surface area contributed by atoms with Gasteiger partial charge in [-0.2, -0.15) is 0 Å². The number of pyridine rings is 1. The van der Waals surface area contributed by atoms with E-state index >= 15 is 0 Å². The molecule has 0 aliphatic heterocycles. The summed E-state index contributed by atoms with van der Waals surface area (Å²) in [7, 11) is 0.